The van der Waals surface area contributed by atoms with Crippen LogP contribution in [-0.4, -0.2) is 17.9 Å². The highest BCUT2D eigenvalue weighted by Crippen LogP contribution is 2.42. The SMILES string of the molecule is Cc1cc(-c2nc(C3=IC=CC=C3)cc(-c3ccccc3)n2)ccc1-c1cc2c3ccccc3n3c4ccccc4c(c1)c23. The Labute approximate surface area is 264 Å². The Balaban J connectivity index is 1.22. The zero-order valence-corrected chi connectivity index (χ0v) is 26.2. The van der Waals surface area contributed by atoms with Crippen molar-refractivity contribution in [1.29, 1.82) is 0 Å². The largest absolute Gasteiger partial charge is 0.308 e. The lowest BCUT2D eigenvalue weighted by Crippen LogP contribution is -2.03. The molecule has 0 saturated carbocycles. The summed E-state index contributed by atoms with van der Waals surface area (Å²) in [7, 11) is 0. The highest BCUT2D eigenvalue weighted by atomic mass is 127. The van der Waals surface area contributed by atoms with E-state index >= 15 is 0 Å². The normalized spacial score (nSPS) is 13.2. The number of fused-ring (bicyclic) bond motifs is 6. The van der Waals surface area contributed by atoms with Crippen LogP contribution in [0.5, 0.6) is 0 Å². The molecule has 0 N–H and O–H groups in total. The van der Waals surface area contributed by atoms with Crippen molar-refractivity contribution in [2.75, 3.05) is 0 Å². The van der Waals surface area contributed by atoms with Crippen LogP contribution in [0.4, 0.5) is 0 Å². The average molecular weight is 676 g/mol. The van der Waals surface area contributed by atoms with Gasteiger partial charge in [-0.1, -0.05) is 112 Å². The third-order valence-corrected chi connectivity index (χ3v) is 11.0. The molecule has 1 aliphatic rings. The molecule has 0 bridgehead atoms. The Kier molecular flexibility index (Phi) is 5.85. The lowest BCUT2D eigenvalue weighted by molar-refractivity contribution is 1.17. The molecule has 8 aromatic rings. The molecule has 0 amide bonds. The monoisotopic (exact) mass is 675 g/mol. The molecule has 0 saturated heterocycles. The van der Waals surface area contributed by atoms with Gasteiger partial charge in [0, 0.05) is 36.2 Å². The molecule has 208 valence electrons. The molecule has 3 nitrogen and oxygen atoms in total. The number of hydrogen-bond donors (Lipinski definition) is 0. The second-order valence-corrected chi connectivity index (χ2v) is 13.8. The molecule has 0 atom stereocenters. The number of aryl methyl sites for hydroxylation is 1. The molecule has 0 aliphatic carbocycles. The maximum Gasteiger partial charge on any atom is 0.160 e. The molecule has 0 fully saturated rings. The van der Waals surface area contributed by atoms with Crippen molar-refractivity contribution >= 4 is 62.3 Å². The number of benzene rings is 5. The van der Waals surface area contributed by atoms with E-state index in [1.165, 1.54) is 58.3 Å². The van der Waals surface area contributed by atoms with Crippen LogP contribution in [0.15, 0.2) is 138 Å². The van der Waals surface area contributed by atoms with Crippen LogP contribution in [0, 0.1) is 6.92 Å². The number of rotatable bonds is 4. The molecule has 0 unspecified atom stereocenters. The summed E-state index contributed by atoms with van der Waals surface area (Å²) >= 11 is -0.224. The van der Waals surface area contributed by atoms with E-state index in [1.54, 1.807) is 0 Å². The third-order valence-electron chi connectivity index (χ3n) is 8.65. The van der Waals surface area contributed by atoms with Gasteiger partial charge in [-0.2, -0.15) is 0 Å². The average Bonchev–Trinajstić information content (AvgIpc) is 3.60. The van der Waals surface area contributed by atoms with Crippen LogP contribution in [0.3, 0.4) is 0 Å². The summed E-state index contributed by atoms with van der Waals surface area (Å²) in [5, 5.41) is 5.18. The molecule has 0 radical (unpaired) electrons. The highest BCUT2D eigenvalue weighted by molar-refractivity contribution is 14.2. The summed E-state index contributed by atoms with van der Waals surface area (Å²) in [4.78, 5) is 10.2. The van der Waals surface area contributed by atoms with E-state index in [-0.39, 0.29) is 20.7 Å². The Morgan fingerprint density at radius 3 is 1.93 bits per heavy atom. The van der Waals surface area contributed by atoms with Crippen molar-refractivity contribution in [2.24, 2.45) is 0 Å². The maximum absolute atomic E-state index is 5.12. The second kappa shape index (κ2) is 10.1. The number of halogens is 1. The number of hydrogen-bond acceptors (Lipinski definition) is 2. The van der Waals surface area contributed by atoms with Gasteiger partial charge in [0.05, 0.1) is 27.9 Å². The van der Waals surface area contributed by atoms with E-state index in [0.717, 1.165) is 28.3 Å². The van der Waals surface area contributed by atoms with Crippen molar-refractivity contribution in [3.63, 3.8) is 0 Å². The number of allylic oxidation sites excluding steroid dienone is 3. The minimum absolute atomic E-state index is 0.224. The first-order valence-electron chi connectivity index (χ1n) is 14.8. The molecule has 44 heavy (non-hydrogen) atoms. The van der Waals surface area contributed by atoms with Gasteiger partial charge in [0.25, 0.3) is 0 Å². The lowest BCUT2D eigenvalue weighted by Gasteiger charge is -2.12. The van der Waals surface area contributed by atoms with Crippen molar-refractivity contribution < 1.29 is 0 Å². The standard InChI is InChI=1S/C40H26IN3/c1-25-21-27(40-42-35(26-11-3-2-4-12-26)24-36(43-40)34-15-9-10-20-41-34)18-19-29(25)28-22-32-30-13-5-7-16-37(30)44-38-17-8-6-14-31(38)33(23-28)39(32)44/h2-24H,1H3. The van der Waals surface area contributed by atoms with Gasteiger partial charge in [0.15, 0.2) is 5.82 Å². The van der Waals surface area contributed by atoms with Gasteiger partial charge >= 0.3 is 0 Å². The Morgan fingerprint density at radius 1 is 0.568 bits per heavy atom. The van der Waals surface area contributed by atoms with Gasteiger partial charge in [-0.25, -0.2) is 9.97 Å². The summed E-state index contributed by atoms with van der Waals surface area (Å²) in [5.74, 6) is 0.765. The van der Waals surface area contributed by atoms with Gasteiger partial charge in [0.1, 0.15) is 0 Å². The molecule has 9 rings (SSSR count). The Bertz CT molecular complexity index is 2420. The van der Waals surface area contributed by atoms with Crippen LogP contribution in [0.1, 0.15) is 11.3 Å². The minimum atomic E-state index is -0.224. The van der Waals surface area contributed by atoms with Gasteiger partial charge in [-0.15, -0.1) is 0 Å². The summed E-state index contributed by atoms with van der Waals surface area (Å²) < 4.78 is 6.03. The Hall–Kier alpha value is -4.94. The summed E-state index contributed by atoms with van der Waals surface area (Å²) in [6.45, 7) is 2.20. The first-order valence-corrected chi connectivity index (χ1v) is 17.1. The molecule has 4 heteroatoms. The molecular weight excluding hydrogens is 649 g/mol. The number of nitrogens with zero attached hydrogens (tertiary/aromatic N) is 3. The predicted octanol–water partition coefficient (Wildman–Crippen LogP) is 10.5. The lowest BCUT2D eigenvalue weighted by atomic mass is 9.95. The van der Waals surface area contributed by atoms with Gasteiger partial charge < -0.3 is 4.40 Å². The Morgan fingerprint density at radius 2 is 1.25 bits per heavy atom. The van der Waals surface area contributed by atoms with E-state index in [4.69, 9.17) is 9.97 Å². The third kappa shape index (κ3) is 3.98. The fourth-order valence-corrected chi connectivity index (χ4v) is 8.50. The molecular formula is C40H26IN3. The van der Waals surface area contributed by atoms with E-state index in [1.807, 2.05) is 6.07 Å². The van der Waals surface area contributed by atoms with E-state index in [0.29, 0.717) is 0 Å². The fraction of sp³-hybridized carbons (Fsp3) is 0.0250. The van der Waals surface area contributed by atoms with E-state index < -0.39 is 0 Å². The van der Waals surface area contributed by atoms with Gasteiger partial charge in [-0.3, -0.25) is 0 Å². The van der Waals surface area contributed by atoms with Crippen LogP contribution in [-0.2, 0) is 0 Å². The van der Waals surface area contributed by atoms with Crippen LogP contribution < -0.4 is 0 Å². The van der Waals surface area contributed by atoms with Crippen molar-refractivity contribution in [3.05, 3.63) is 149 Å². The molecule has 1 aliphatic heterocycles. The van der Waals surface area contributed by atoms with Crippen molar-refractivity contribution in [2.45, 2.75) is 6.92 Å². The van der Waals surface area contributed by atoms with Gasteiger partial charge in [0.2, 0.25) is 0 Å². The second-order valence-electron chi connectivity index (χ2n) is 11.3. The number of aromatic nitrogens is 3. The summed E-state index contributed by atoms with van der Waals surface area (Å²) in [6.07, 6.45) is 6.45. The fourth-order valence-electron chi connectivity index (χ4n) is 6.65. The predicted molar refractivity (Wildman–Crippen MR) is 194 cm³/mol. The van der Waals surface area contributed by atoms with Crippen LogP contribution >= 0.6 is 20.7 Å². The number of para-hydroxylation sites is 2. The van der Waals surface area contributed by atoms with Crippen LogP contribution in [0.25, 0.3) is 71.9 Å². The maximum atomic E-state index is 5.12. The van der Waals surface area contributed by atoms with Gasteiger partial charge in [-0.05, 0) is 70.2 Å². The zero-order chi connectivity index (χ0) is 29.2. The molecule has 4 heterocycles. The van der Waals surface area contributed by atoms with Crippen LogP contribution in [0.2, 0.25) is 0 Å². The topological polar surface area (TPSA) is 30.2 Å². The minimum Gasteiger partial charge on any atom is -0.308 e. The first-order chi connectivity index (χ1) is 21.7. The van der Waals surface area contributed by atoms with Crippen molar-refractivity contribution in [3.8, 4) is 33.8 Å². The summed E-state index contributed by atoms with van der Waals surface area (Å²) in [6, 6.07) is 41.5. The molecule has 3 aromatic heterocycles. The first kappa shape index (κ1) is 25.5. The van der Waals surface area contributed by atoms with Crippen molar-refractivity contribution in [1.82, 2.24) is 14.4 Å². The molecule has 0 spiro atoms. The molecule has 5 aromatic carbocycles. The zero-order valence-electron chi connectivity index (χ0n) is 24.0. The smallest absolute Gasteiger partial charge is 0.160 e. The highest BCUT2D eigenvalue weighted by Gasteiger charge is 2.19. The van der Waals surface area contributed by atoms with E-state index in [2.05, 4.69) is 143 Å². The van der Waals surface area contributed by atoms with E-state index in [9.17, 15) is 0 Å². The quantitative estimate of drug-likeness (QED) is 0.174. The summed E-state index contributed by atoms with van der Waals surface area (Å²) in [5.41, 5.74) is 11.6.